The third-order valence-electron chi connectivity index (χ3n) is 4.22. The van der Waals surface area contributed by atoms with E-state index in [1.807, 2.05) is 36.4 Å². The number of hydrogen-bond donors (Lipinski definition) is 0. The molecule has 1 fully saturated rings. The van der Waals surface area contributed by atoms with E-state index in [-0.39, 0.29) is 17.3 Å². The van der Waals surface area contributed by atoms with Crippen molar-refractivity contribution in [3.8, 4) is 6.07 Å². The molecule has 3 rings (SSSR count). The summed E-state index contributed by atoms with van der Waals surface area (Å²) in [6.07, 6.45) is 1.51. The van der Waals surface area contributed by atoms with Crippen molar-refractivity contribution in [3.63, 3.8) is 0 Å². The molecule has 25 heavy (non-hydrogen) atoms. The van der Waals surface area contributed by atoms with Crippen LogP contribution in [0.4, 0.5) is 10.1 Å². The molecule has 0 radical (unpaired) electrons. The van der Waals surface area contributed by atoms with Crippen LogP contribution in [0.5, 0.6) is 0 Å². The van der Waals surface area contributed by atoms with Gasteiger partial charge in [0.2, 0.25) is 0 Å². The number of benzene rings is 2. The van der Waals surface area contributed by atoms with Gasteiger partial charge in [-0.2, -0.15) is 5.26 Å². The van der Waals surface area contributed by atoms with E-state index in [1.54, 1.807) is 17.0 Å². The van der Waals surface area contributed by atoms with E-state index in [0.29, 0.717) is 18.7 Å². The Labute approximate surface area is 146 Å². The van der Waals surface area contributed by atoms with Crippen LogP contribution in [0.15, 0.2) is 60.2 Å². The number of anilines is 1. The fourth-order valence-corrected chi connectivity index (χ4v) is 2.84. The van der Waals surface area contributed by atoms with Gasteiger partial charge >= 0.3 is 0 Å². The normalized spacial score (nSPS) is 15.0. The SMILES string of the molecule is N#C/C(=C/c1ccc(F)cc1)C(=O)N1CCN(c2ccccc2)CC1. The van der Waals surface area contributed by atoms with Gasteiger partial charge < -0.3 is 9.80 Å². The molecular formula is C20H18FN3O. The predicted molar refractivity (Wildman–Crippen MR) is 95.2 cm³/mol. The molecule has 0 aromatic heterocycles. The zero-order chi connectivity index (χ0) is 17.6. The summed E-state index contributed by atoms with van der Waals surface area (Å²) in [7, 11) is 0. The van der Waals surface area contributed by atoms with Gasteiger partial charge in [-0.1, -0.05) is 30.3 Å². The van der Waals surface area contributed by atoms with Gasteiger partial charge in [-0.05, 0) is 35.9 Å². The van der Waals surface area contributed by atoms with E-state index in [9.17, 15) is 14.4 Å². The quantitative estimate of drug-likeness (QED) is 0.640. The molecule has 1 saturated heterocycles. The van der Waals surface area contributed by atoms with E-state index < -0.39 is 0 Å². The number of nitriles is 1. The lowest BCUT2D eigenvalue weighted by molar-refractivity contribution is -0.126. The van der Waals surface area contributed by atoms with Crippen LogP contribution in [0, 0.1) is 17.1 Å². The van der Waals surface area contributed by atoms with Crippen molar-refractivity contribution in [3.05, 3.63) is 71.6 Å². The van der Waals surface area contributed by atoms with Crippen molar-refractivity contribution in [2.75, 3.05) is 31.1 Å². The summed E-state index contributed by atoms with van der Waals surface area (Å²) in [5.41, 5.74) is 1.84. The first-order valence-corrected chi connectivity index (χ1v) is 8.14. The molecule has 1 aliphatic rings. The van der Waals surface area contributed by atoms with Gasteiger partial charge in [0, 0.05) is 31.9 Å². The monoisotopic (exact) mass is 335 g/mol. The fraction of sp³-hybridized carbons (Fsp3) is 0.200. The van der Waals surface area contributed by atoms with Gasteiger partial charge in [-0.25, -0.2) is 4.39 Å². The number of carbonyl (C=O) groups excluding carboxylic acids is 1. The molecule has 5 heteroatoms. The first kappa shape index (κ1) is 16.7. The lowest BCUT2D eigenvalue weighted by atomic mass is 10.1. The molecule has 126 valence electrons. The number of halogens is 1. The molecule has 0 unspecified atom stereocenters. The molecule has 4 nitrogen and oxygen atoms in total. The van der Waals surface area contributed by atoms with Crippen molar-refractivity contribution in [1.29, 1.82) is 5.26 Å². The number of carbonyl (C=O) groups is 1. The van der Waals surface area contributed by atoms with Crippen LogP contribution in [0.2, 0.25) is 0 Å². The molecule has 0 saturated carbocycles. The zero-order valence-electron chi connectivity index (χ0n) is 13.7. The highest BCUT2D eigenvalue weighted by Crippen LogP contribution is 2.17. The molecule has 1 amide bonds. The van der Waals surface area contributed by atoms with E-state index in [4.69, 9.17) is 0 Å². The second-order valence-electron chi connectivity index (χ2n) is 5.84. The van der Waals surface area contributed by atoms with E-state index in [0.717, 1.165) is 18.8 Å². The Hall–Kier alpha value is -3.13. The molecule has 0 N–H and O–H groups in total. The fourth-order valence-electron chi connectivity index (χ4n) is 2.84. The van der Waals surface area contributed by atoms with Gasteiger partial charge in [-0.3, -0.25) is 4.79 Å². The number of rotatable bonds is 3. The first-order valence-electron chi connectivity index (χ1n) is 8.14. The van der Waals surface area contributed by atoms with Crippen LogP contribution in [0.3, 0.4) is 0 Å². The summed E-state index contributed by atoms with van der Waals surface area (Å²) in [5.74, 6) is -0.626. The Morgan fingerprint density at radius 2 is 1.64 bits per heavy atom. The predicted octanol–water partition coefficient (Wildman–Crippen LogP) is 3.08. The van der Waals surface area contributed by atoms with Gasteiger partial charge in [0.05, 0.1) is 0 Å². The minimum absolute atomic E-state index is 0.0692. The average Bonchev–Trinajstić information content (AvgIpc) is 2.68. The maximum Gasteiger partial charge on any atom is 0.264 e. The second kappa shape index (κ2) is 7.63. The van der Waals surface area contributed by atoms with Crippen LogP contribution in [-0.2, 0) is 4.79 Å². The van der Waals surface area contributed by atoms with Crippen molar-refractivity contribution in [1.82, 2.24) is 4.90 Å². The highest BCUT2D eigenvalue weighted by Gasteiger charge is 2.23. The molecule has 0 atom stereocenters. The van der Waals surface area contributed by atoms with Crippen molar-refractivity contribution >= 4 is 17.7 Å². The number of nitrogens with zero attached hydrogens (tertiary/aromatic N) is 3. The highest BCUT2D eigenvalue weighted by molar-refractivity contribution is 6.01. The van der Waals surface area contributed by atoms with Crippen LogP contribution < -0.4 is 4.90 Å². The first-order chi connectivity index (χ1) is 12.2. The van der Waals surface area contributed by atoms with Crippen LogP contribution >= 0.6 is 0 Å². The third-order valence-corrected chi connectivity index (χ3v) is 4.22. The van der Waals surface area contributed by atoms with Gasteiger partial charge in [0.25, 0.3) is 5.91 Å². The molecule has 0 bridgehead atoms. The summed E-state index contributed by atoms with van der Waals surface area (Å²) < 4.78 is 13.0. The van der Waals surface area contributed by atoms with Gasteiger partial charge in [0.15, 0.2) is 0 Å². The van der Waals surface area contributed by atoms with Gasteiger partial charge in [-0.15, -0.1) is 0 Å². The topological polar surface area (TPSA) is 47.3 Å². The largest absolute Gasteiger partial charge is 0.368 e. The van der Waals surface area contributed by atoms with Crippen LogP contribution in [0.1, 0.15) is 5.56 Å². The summed E-state index contributed by atoms with van der Waals surface area (Å²) >= 11 is 0. The van der Waals surface area contributed by atoms with E-state index in [2.05, 4.69) is 4.90 Å². The molecule has 0 spiro atoms. The van der Waals surface area contributed by atoms with Crippen LogP contribution in [-0.4, -0.2) is 37.0 Å². The summed E-state index contributed by atoms with van der Waals surface area (Å²) in [5, 5.41) is 9.32. The Kier molecular flexibility index (Phi) is 5.10. The minimum Gasteiger partial charge on any atom is -0.368 e. The van der Waals surface area contributed by atoms with Crippen molar-refractivity contribution in [2.24, 2.45) is 0 Å². The lowest BCUT2D eigenvalue weighted by Crippen LogP contribution is -2.49. The molecule has 2 aromatic rings. The average molecular weight is 335 g/mol. The molecular weight excluding hydrogens is 317 g/mol. The summed E-state index contributed by atoms with van der Waals surface area (Å²) in [6, 6.07) is 17.7. The van der Waals surface area contributed by atoms with E-state index in [1.165, 1.54) is 18.2 Å². The lowest BCUT2D eigenvalue weighted by Gasteiger charge is -2.36. The second-order valence-corrected chi connectivity index (χ2v) is 5.84. The Balaban J connectivity index is 1.66. The number of piperazine rings is 1. The highest BCUT2D eigenvalue weighted by atomic mass is 19.1. The standard InChI is InChI=1S/C20H18FN3O/c21-18-8-6-16(7-9-18)14-17(15-22)20(25)24-12-10-23(11-13-24)19-4-2-1-3-5-19/h1-9,14H,10-13H2/b17-14-. The number of para-hydroxylation sites is 1. The zero-order valence-corrected chi connectivity index (χ0v) is 13.7. The molecule has 1 aliphatic heterocycles. The van der Waals surface area contributed by atoms with Crippen LogP contribution in [0.25, 0.3) is 6.08 Å². The van der Waals surface area contributed by atoms with Crippen molar-refractivity contribution < 1.29 is 9.18 Å². The van der Waals surface area contributed by atoms with Gasteiger partial charge in [0.1, 0.15) is 17.5 Å². The summed E-state index contributed by atoms with van der Waals surface area (Å²) in [6.45, 7) is 2.59. The number of hydrogen-bond acceptors (Lipinski definition) is 3. The minimum atomic E-state index is -0.348. The maximum absolute atomic E-state index is 13.0. The molecule has 1 heterocycles. The summed E-state index contributed by atoms with van der Waals surface area (Å²) in [4.78, 5) is 16.5. The van der Waals surface area contributed by atoms with Crippen molar-refractivity contribution in [2.45, 2.75) is 0 Å². The Morgan fingerprint density at radius 3 is 2.24 bits per heavy atom. The van der Waals surface area contributed by atoms with E-state index >= 15 is 0 Å². The maximum atomic E-state index is 13.0. The molecule has 2 aromatic carbocycles. The Morgan fingerprint density at radius 1 is 1.00 bits per heavy atom. The molecule has 0 aliphatic carbocycles. The smallest absolute Gasteiger partial charge is 0.264 e. The third kappa shape index (κ3) is 4.04. The number of amides is 1. The Bertz CT molecular complexity index is 801.